The van der Waals surface area contributed by atoms with E-state index in [4.69, 9.17) is 16.3 Å². The predicted molar refractivity (Wildman–Crippen MR) is 89.3 cm³/mol. The number of nitrogens with zero attached hydrogens (tertiary/aromatic N) is 1. The number of rotatable bonds is 5. The van der Waals surface area contributed by atoms with E-state index in [-0.39, 0.29) is 12.5 Å². The van der Waals surface area contributed by atoms with Crippen LogP contribution in [0, 0.1) is 13.8 Å². The van der Waals surface area contributed by atoms with Crippen molar-refractivity contribution in [3.63, 3.8) is 0 Å². The second kappa shape index (κ2) is 7.32. The molecule has 0 fully saturated rings. The molecule has 0 saturated heterocycles. The van der Waals surface area contributed by atoms with Gasteiger partial charge in [0.05, 0.1) is 0 Å². The Labute approximate surface area is 136 Å². The number of hydrogen-bond acceptors (Lipinski definition) is 2. The average Bonchev–Trinajstić information content (AvgIpc) is 2.50. The van der Waals surface area contributed by atoms with Crippen LogP contribution in [0.25, 0.3) is 0 Å². The second-order valence-corrected chi connectivity index (χ2v) is 5.81. The van der Waals surface area contributed by atoms with Crippen LogP contribution in [-0.2, 0) is 11.3 Å². The Bertz CT molecular complexity index is 670. The predicted octanol–water partition coefficient (Wildman–Crippen LogP) is 3.99. The molecule has 0 saturated carbocycles. The van der Waals surface area contributed by atoms with Gasteiger partial charge in [0.25, 0.3) is 5.91 Å². The maximum atomic E-state index is 12.2. The third-order valence-electron chi connectivity index (χ3n) is 3.49. The minimum absolute atomic E-state index is 0.0191. The molecule has 22 heavy (non-hydrogen) atoms. The van der Waals surface area contributed by atoms with Gasteiger partial charge in [-0.05, 0) is 42.7 Å². The lowest BCUT2D eigenvalue weighted by Crippen LogP contribution is -2.31. The van der Waals surface area contributed by atoms with Gasteiger partial charge < -0.3 is 9.64 Å². The van der Waals surface area contributed by atoms with E-state index in [9.17, 15) is 4.79 Å². The van der Waals surface area contributed by atoms with Crippen LogP contribution in [0.4, 0.5) is 0 Å². The molecule has 0 aromatic heterocycles. The van der Waals surface area contributed by atoms with E-state index in [1.807, 2.05) is 56.3 Å². The lowest BCUT2D eigenvalue weighted by atomic mass is 10.1. The average molecular weight is 318 g/mol. The normalized spacial score (nSPS) is 10.4. The fourth-order valence-electron chi connectivity index (χ4n) is 2.08. The van der Waals surface area contributed by atoms with Crippen molar-refractivity contribution in [2.45, 2.75) is 20.4 Å². The number of likely N-dealkylation sites (N-methyl/N-ethyl adjacent to an activating group) is 1. The molecule has 4 heteroatoms. The van der Waals surface area contributed by atoms with Gasteiger partial charge in [0, 0.05) is 18.6 Å². The molecule has 0 N–H and O–H groups in total. The van der Waals surface area contributed by atoms with Crippen LogP contribution in [0.5, 0.6) is 5.75 Å². The summed E-state index contributed by atoms with van der Waals surface area (Å²) in [7, 11) is 1.75. The minimum Gasteiger partial charge on any atom is -0.483 e. The highest BCUT2D eigenvalue weighted by atomic mass is 35.5. The molecule has 0 spiro atoms. The summed E-state index contributed by atoms with van der Waals surface area (Å²) in [6.07, 6.45) is 0. The van der Waals surface area contributed by atoms with Crippen LogP contribution in [0.15, 0.2) is 42.5 Å². The third kappa shape index (κ3) is 4.25. The maximum Gasteiger partial charge on any atom is 0.260 e. The first-order chi connectivity index (χ1) is 10.5. The van der Waals surface area contributed by atoms with E-state index in [2.05, 4.69) is 0 Å². The summed E-state index contributed by atoms with van der Waals surface area (Å²) >= 11 is 6.11. The Morgan fingerprint density at radius 2 is 1.91 bits per heavy atom. The van der Waals surface area contributed by atoms with E-state index in [1.54, 1.807) is 11.9 Å². The SMILES string of the molecule is Cc1ccc(C)c(OCC(=O)N(C)Cc2ccccc2Cl)c1. The van der Waals surface area contributed by atoms with Gasteiger partial charge in [-0.25, -0.2) is 0 Å². The lowest BCUT2D eigenvalue weighted by Gasteiger charge is -2.19. The van der Waals surface area contributed by atoms with E-state index < -0.39 is 0 Å². The highest BCUT2D eigenvalue weighted by Crippen LogP contribution is 2.20. The van der Waals surface area contributed by atoms with Gasteiger partial charge in [-0.3, -0.25) is 4.79 Å². The van der Waals surface area contributed by atoms with Crippen LogP contribution in [0.1, 0.15) is 16.7 Å². The lowest BCUT2D eigenvalue weighted by molar-refractivity contribution is -0.132. The van der Waals surface area contributed by atoms with E-state index >= 15 is 0 Å². The van der Waals surface area contributed by atoms with Gasteiger partial charge in [-0.1, -0.05) is 41.9 Å². The Morgan fingerprint density at radius 1 is 1.18 bits per heavy atom. The van der Waals surface area contributed by atoms with Crippen molar-refractivity contribution < 1.29 is 9.53 Å². The molecule has 2 rings (SSSR count). The first-order valence-electron chi connectivity index (χ1n) is 7.15. The van der Waals surface area contributed by atoms with Gasteiger partial charge in [0.15, 0.2) is 6.61 Å². The Morgan fingerprint density at radius 3 is 2.64 bits per heavy atom. The number of aryl methyl sites for hydroxylation is 2. The van der Waals surface area contributed by atoms with E-state index in [0.29, 0.717) is 11.6 Å². The molecule has 3 nitrogen and oxygen atoms in total. The summed E-state index contributed by atoms with van der Waals surface area (Å²) in [4.78, 5) is 13.8. The van der Waals surface area contributed by atoms with E-state index in [1.165, 1.54) is 0 Å². The summed E-state index contributed by atoms with van der Waals surface area (Å²) in [6, 6.07) is 13.5. The number of carbonyl (C=O) groups excluding carboxylic acids is 1. The van der Waals surface area contributed by atoms with E-state index in [0.717, 1.165) is 22.4 Å². The van der Waals surface area contributed by atoms with Crippen molar-refractivity contribution in [2.24, 2.45) is 0 Å². The number of carbonyl (C=O) groups is 1. The molecule has 2 aromatic carbocycles. The van der Waals surface area contributed by atoms with Gasteiger partial charge in [-0.2, -0.15) is 0 Å². The van der Waals surface area contributed by atoms with Crippen molar-refractivity contribution in [1.82, 2.24) is 4.90 Å². The standard InChI is InChI=1S/C18H20ClNO2/c1-13-8-9-14(2)17(10-13)22-12-18(21)20(3)11-15-6-4-5-7-16(15)19/h4-10H,11-12H2,1-3H3. The molecular formula is C18H20ClNO2. The van der Waals surface area contributed by atoms with Crippen molar-refractivity contribution in [2.75, 3.05) is 13.7 Å². The molecule has 0 atom stereocenters. The molecule has 0 aliphatic carbocycles. The van der Waals surface area contributed by atoms with Gasteiger partial charge in [0.2, 0.25) is 0 Å². The van der Waals surface area contributed by atoms with Crippen molar-refractivity contribution in [1.29, 1.82) is 0 Å². The topological polar surface area (TPSA) is 29.5 Å². The Hall–Kier alpha value is -2.00. The zero-order chi connectivity index (χ0) is 16.1. The first-order valence-corrected chi connectivity index (χ1v) is 7.52. The molecule has 0 radical (unpaired) electrons. The first kappa shape index (κ1) is 16.4. The van der Waals surface area contributed by atoms with Crippen molar-refractivity contribution in [3.05, 3.63) is 64.2 Å². The van der Waals surface area contributed by atoms with Gasteiger partial charge in [0.1, 0.15) is 5.75 Å². The quantitative estimate of drug-likeness (QED) is 0.834. The summed E-state index contributed by atoms with van der Waals surface area (Å²) in [5.41, 5.74) is 3.05. The second-order valence-electron chi connectivity index (χ2n) is 5.40. The molecular weight excluding hydrogens is 298 g/mol. The van der Waals surface area contributed by atoms with Gasteiger partial charge in [-0.15, -0.1) is 0 Å². The molecule has 1 amide bonds. The zero-order valence-corrected chi connectivity index (χ0v) is 13.9. The monoisotopic (exact) mass is 317 g/mol. The summed E-state index contributed by atoms with van der Waals surface area (Å²) in [6.45, 7) is 4.45. The number of halogens is 1. The van der Waals surface area contributed by atoms with Crippen LogP contribution < -0.4 is 4.74 Å². The van der Waals surface area contributed by atoms with Crippen molar-refractivity contribution in [3.8, 4) is 5.75 Å². The molecule has 0 aliphatic rings. The van der Waals surface area contributed by atoms with Crippen LogP contribution in [0.2, 0.25) is 5.02 Å². The molecule has 0 aliphatic heterocycles. The highest BCUT2D eigenvalue weighted by molar-refractivity contribution is 6.31. The number of amides is 1. The highest BCUT2D eigenvalue weighted by Gasteiger charge is 2.12. The summed E-state index contributed by atoms with van der Waals surface area (Å²) in [5, 5.41) is 0.664. The Balaban J connectivity index is 1.94. The Kier molecular flexibility index (Phi) is 5.45. The fourth-order valence-corrected chi connectivity index (χ4v) is 2.28. The number of hydrogen-bond donors (Lipinski definition) is 0. The smallest absolute Gasteiger partial charge is 0.260 e. The largest absolute Gasteiger partial charge is 0.483 e. The zero-order valence-electron chi connectivity index (χ0n) is 13.1. The van der Waals surface area contributed by atoms with Crippen molar-refractivity contribution >= 4 is 17.5 Å². The molecule has 0 unspecified atom stereocenters. The summed E-state index contributed by atoms with van der Waals surface area (Å²) in [5.74, 6) is 0.667. The van der Waals surface area contributed by atoms with Crippen LogP contribution in [-0.4, -0.2) is 24.5 Å². The fraction of sp³-hybridized carbons (Fsp3) is 0.278. The molecule has 0 heterocycles. The summed E-state index contributed by atoms with van der Waals surface area (Å²) < 4.78 is 5.64. The number of ether oxygens (including phenoxy) is 1. The van der Waals surface area contributed by atoms with Crippen LogP contribution >= 0.6 is 11.6 Å². The molecule has 0 bridgehead atoms. The molecule has 116 valence electrons. The third-order valence-corrected chi connectivity index (χ3v) is 3.85. The molecule has 2 aromatic rings. The minimum atomic E-state index is -0.0826. The number of benzene rings is 2. The van der Waals surface area contributed by atoms with Crippen LogP contribution in [0.3, 0.4) is 0 Å². The maximum absolute atomic E-state index is 12.2. The van der Waals surface area contributed by atoms with Gasteiger partial charge >= 0.3 is 0 Å².